The fourth-order valence-electron chi connectivity index (χ4n) is 3.00. The van der Waals surface area contributed by atoms with Gasteiger partial charge >= 0.3 is 0 Å². The van der Waals surface area contributed by atoms with E-state index in [4.69, 9.17) is 5.73 Å². The summed E-state index contributed by atoms with van der Waals surface area (Å²) < 4.78 is 0. The van der Waals surface area contributed by atoms with Gasteiger partial charge in [0.15, 0.2) is 0 Å². The van der Waals surface area contributed by atoms with Crippen LogP contribution in [0.5, 0.6) is 0 Å². The second kappa shape index (κ2) is 6.20. The van der Waals surface area contributed by atoms with Gasteiger partial charge in [-0.15, -0.1) is 0 Å². The van der Waals surface area contributed by atoms with Crippen LogP contribution in [0, 0.1) is 11.8 Å². The molecule has 1 aliphatic rings. The van der Waals surface area contributed by atoms with Crippen molar-refractivity contribution in [1.29, 1.82) is 0 Å². The molecule has 0 bridgehead atoms. The Morgan fingerprint density at radius 2 is 1.73 bits per heavy atom. The first-order chi connectivity index (χ1) is 12.5. The van der Waals surface area contributed by atoms with Gasteiger partial charge in [-0.05, 0) is 31.9 Å². The molecule has 1 aromatic heterocycles. The zero-order valence-electron chi connectivity index (χ0n) is 14.9. The molecule has 4 heteroatoms. The minimum Gasteiger partial charge on any atom is -0.397 e. The number of aliphatic imine (C=N–C) groups is 1. The third kappa shape index (κ3) is 3.12. The molecule has 4 rings (SSSR count). The van der Waals surface area contributed by atoms with E-state index in [-0.39, 0.29) is 5.54 Å². The SMILES string of the molecule is CC1(C)CN=C(c2ccc(C#Cc3ncc(N)c4ccccc34)cc2)N1. The first kappa shape index (κ1) is 16.2. The van der Waals surface area contributed by atoms with Gasteiger partial charge in [0.05, 0.1) is 24.0 Å². The fraction of sp³-hybridized carbons (Fsp3) is 0.182. The van der Waals surface area contributed by atoms with Crippen molar-refractivity contribution in [3.05, 3.63) is 71.5 Å². The van der Waals surface area contributed by atoms with Gasteiger partial charge in [0.1, 0.15) is 11.5 Å². The summed E-state index contributed by atoms with van der Waals surface area (Å²) >= 11 is 0. The standard InChI is InChI=1S/C22H20N4/c1-22(2)14-25-21(26-22)16-10-7-15(8-11-16)9-12-20-18-6-4-3-5-17(18)19(23)13-24-20/h3-8,10-11,13H,14,23H2,1-2H3,(H,25,26). The zero-order valence-corrected chi connectivity index (χ0v) is 14.9. The lowest BCUT2D eigenvalue weighted by molar-refractivity contribution is 0.506. The van der Waals surface area contributed by atoms with Crippen LogP contribution in [-0.4, -0.2) is 22.9 Å². The van der Waals surface area contributed by atoms with Crippen molar-refractivity contribution in [3.8, 4) is 11.8 Å². The normalized spacial score (nSPS) is 15.1. The van der Waals surface area contributed by atoms with Gasteiger partial charge < -0.3 is 11.1 Å². The minimum absolute atomic E-state index is 0.0235. The molecule has 0 atom stereocenters. The summed E-state index contributed by atoms with van der Waals surface area (Å²) in [6.07, 6.45) is 1.67. The molecule has 0 fully saturated rings. The maximum atomic E-state index is 6.00. The molecule has 0 saturated carbocycles. The third-order valence-electron chi connectivity index (χ3n) is 4.40. The van der Waals surface area contributed by atoms with Gasteiger partial charge in [0, 0.05) is 21.9 Å². The largest absolute Gasteiger partial charge is 0.397 e. The molecule has 0 radical (unpaired) electrons. The van der Waals surface area contributed by atoms with Crippen molar-refractivity contribution in [2.24, 2.45) is 4.99 Å². The number of benzene rings is 2. The van der Waals surface area contributed by atoms with Crippen LogP contribution in [0.3, 0.4) is 0 Å². The van der Waals surface area contributed by atoms with E-state index in [1.54, 1.807) is 6.20 Å². The van der Waals surface area contributed by atoms with Crippen LogP contribution in [-0.2, 0) is 0 Å². The lowest BCUT2D eigenvalue weighted by atomic mass is 10.1. The Labute approximate surface area is 153 Å². The zero-order chi connectivity index (χ0) is 18.1. The van der Waals surface area contributed by atoms with Crippen molar-refractivity contribution >= 4 is 22.3 Å². The lowest BCUT2D eigenvalue weighted by Gasteiger charge is -2.18. The number of amidine groups is 1. The van der Waals surface area contributed by atoms with Crippen LogP contribution in [0.1, 0.15) is 30.7 Å². The van der Waals surface area contributed by atoms with Crippen molar-refractivity contribution in [2.45, 2.75) is 19.4 Å². The Kier molecular flexibility index (Phi) is 3.85. The molecule has 0 aliphatic carbocycles. The van der Waals surface area contributed by atoms with E-state index in [1.165, 1.54) is 0 Å². The van der Waals surface area contributed by atoms with Crippen molar-refractivity contribution in [3.63, 3.8) is 0 Å². The predicted octanol–water partition coefficient (Wildman–Crippen LogP) is 3.35. The van der Waals surface area contributed by atoms with E-state index in [0.29, 0.717) is 5.69 Å². The number of pyridine rings is 1. The van der Waals surface area contributed by atoms with Crippen LogP contribution >= 0.6 is 0 Å². The van der Waals surface area contributed by atoms with Gasteiger partial charge in [-0.25, -0.2) is 4.98 Å². The number of nitrogens with two attached hydrogens (primary N) is 1. The van der Waals surface area contributed by atoms with Crippen LogP contribution < -0.4 is 11.1 Å². The van der Waals surface area contributed by atoms with Gasteiger partial charge in [-0.1, -0.05) is 42.3 Å². The molecule has 2 heterocycles. The Morgan fingerprint density at radius 3 is 2.42 bits per heavy atom. The summed E-state index contributed by atoms with van der Waals surface area (Å²) in [6, 6.07) is 16.0. The summed E-state index contributed by atoms with van der Waals surface area (Å²) in [5, 5.41) is 5.40. The van der Waals surface area contributed by atoms with Gasteiger partial charge in [0.2, 0.25) is 0 Å². The molecule has 3 aromatic rings. The molecule has 3 N–H and O–H groups in total. The van der Waals surface area contributed by atoms with Gasteiger partial charge in [-0.2, -0.15) is 0 Å². The molecule has 26 heavy (non-hydrogen) atoms. The molecule has 2 aromatic carbocycles. The molecule has 1 aliphatic heterocycles. The Morgan fingerprint density at radius 1 is 1.00 bits per heavy atom. The quantitative estimate of drug-likeness (QED) is 0.668. The van der Waals surface area contributed by atoms with E-state index in [1.807, 2.05) is 48.5 Å². The molecule has 0 spiro atoms. The highest BCUT2D eigenvalue weighted by Gasteiger charge is 2.25. The number of fused-ring (bicyclic) bond motifs is 1. The Balaban J connectivity index is 1.61. The van der Waals surface area contributed by atoms with E-state index in [2.05, 4.69) is 41.0 Å². The molecule has 0 unspecified atom stereocenters. The lowest BCUT2D eigenvalue weighted by Crippen LogP contribution is -2.39. The van der Waals surface area contributed by atoms with Gasteiger partial charge in [-0.3, -0.25) is 4.99 Å². The topological polar surface area (TPSA) is 63.3 Å². The van der Waals surface area contributed by atoms with Crippen LogP contribution in [0.25, 0.3) is 10.8 Å². The molecular formula is C22H20N4. The highest BCUT2D eigenvalue weighted by molar-refractivity contribution is 6.00. The fourth-order valence-corrected chi connectivity index (χ4v) is 3.00. The smallest absolute Gasteiger partial charge is 0.128 e. The molecule has 0 amide bonds. The van der Waals surface area contributed by atoms with E-state index >= 15 is 0 Å². The van der Waals surface area contributed by atoms with Crippen LogP contribution in [0.4, 0.5) is 5.69 Å². The highest BCUT2D eigenvalue weighted by Crippen LogP contribution is 2.22. The number of nitrogen functional groups attached to an aromatic ring is 1. The Hall–Kier alpha value is -3.32. The summed E-state index contributed by atoms with van der Waals surface area (Å²) in [5.74, 6) is 7.31. The maximum absolute atomic E-state index is 6.00. The van der Waals surface area contributed by atoms with E-state index in [9.17, 15) is 0 Å². The number of hydrogen-bond acceptors (Lipinski definition) is 4. The summed E-state index contributed by atoms with van der Waals surface area (Å²) in [7, 11) is 0. The number of nitrogens with zero attached hydrogens (tertiary/aromatic N) is 2. The second-order valence-corrected chi connectivity index (χ2v) is 7.11. The monoisotopic (exact) mass is 340 g/mol. The number of hydrogen-bond donors (Lipinski definition) is 2. The molecular weight excluding hydrogens is 320 g/mol. The molecule has 4 nitrogen and oxygen atoms in total. The number of anilines is 1. The highest BCUT2D eigenvalue weighted by atomic mass is 15.1. The first-order valence-electron chi connectivity index (χ1n) is 8.60. The second-order valence-electron chi connectivity index (χ2n) is 7.11. The Bertz CT molecular complexity index is 1070. The average Bonchev–Trinajstić information content (AvgIpc) is 3.02. The molecule has 0 saturated heterocycles. The van der Waals surface area contributed by atoms with E-state index in [0.717, 1.165) is 40.0 Å². The number of aromatic nitrogens is 1. The third-order valence-corrected chi connectivity index (χ3v) is 4.40. The van der Waals surface area contributed by atoms with Gasteiger partial charge in [0.25, 0.3) is 0 Å². The minimum atomic E-state index is 0.0235. The van der Waals surface area contributed by atoms with E-state index < -0.39 is 0 Å². The molecule has 128 valence electrons. The summed E-state index contributed by atoms with van der Waals surface area (Å²) in [5.41, 5.74) is 9.45. The maximum Gasteiger partial charge on any atom is 0.128 e. The van der Waals surface area contributed by atoms with Crippen molar-refractivity contribution < 1.29 is 0 Å². The summed E-state index contributed by atoms with van der Waals surface area (Å²) in [4.78, 5) is 8.96. The summed E-state index contributed by atoms with van der Waals surface area (Å²) in [6.45, 7) is 5.08. The van der Waals surface area contributed by atoms with Crippen LogP contribution in [0.15, 0.2) is 59.7 Å². The predicted molar refractivity (Wildman–Crippen MR) is 107 cm³/mol. The van der Waals surface area contributed by atoms with Crippen molar-refractivity contribution in [1.82, 2.24) is 10.3 Å². The van der Waals surface area contributed by atoms with Crippen LogP contribution in [0.2, 0.25) is 0 Å². The number of rotatable bonds is 1. The average molecular weight is 340 g/mol. The van der Waals surface area contributed by atoms with Crippen molar-refractivity contribution in [2.75, 3.05) is 12.3 Å². The number of nitrogens with one attached hydrogen (secondary N) is 1. The first-order valence-corrected chi connectivity index (χ1v) is 8.60.